The first-order chi connectivity index (χ1) is 13.0. The molecule has 1 aliphatic rings. The van der Waals surface area contributed by atoms with Gasteiger partial charge in [-0.15, -0.1) is 0 Å². The molecule has 27 heavy (non-hydrogen) atoms. The largest absolute Gasteiger partial charge is 0.370 e. The lowest BCUT2D eigenvalue weighted by Gasteiger charge is -2.23. The molecule has 0 atom stereocenters. The van der Waals surface area contributed by atoms with Crippen LogP contribution in [0.25, 0.3) is 21.8 Å². The molecule has 2 aromatic carbocycles. The van der Waals surface area contributed by atoms with E-state index >= 15 is 0 Å². The molecule has 0 unspecified atom stereocenters. The summed E-state index contributed by atoms with van der Waals surface area (Å²) in [6.45, 7) is 4.54. The van der Waals surface area contributed by atoms with Gasteiger partial charge in [-0.25, -0.2) is 0 Å². The minimum Gasteiger partial charge on any atom is -0.370 e. The van der Waals surface area contributed by atoms with E-state index < -0.39 is 0 Å². The molecule has 4 heteroatoms. The van der Waals surface area contributed by atoms with Crippen molar-refractivity contribution in [3.63, 3.8) is 0 Å². The van der Waals surface area contributed by atoms with Gasteiger partial charge >= 0.3 is 0 Å². The summed E-state index contributed by atoms with van der Waals surface area (Å²) in [4.78, 5) is 28.1. The van der Waals surface area contributed by atoms with Crippen LogP contribution in [0.5, 0.6) is 0 Å². The smallest absolute Gasteiger partial charge is 0.197 e. The van der Waals surface area contributed by atoms with E-state index in [9.17, 15) is 9.59 Å². The number of benzene rings is 2. The van der Waals surface area contributed by atoms with Crippen LogP contribution in [-0.4, -0.2) is 23.9 Å². The normalized spacial score (nSPS) is 17.2. The zero-order valence-corrected chi connectivity index (χ0v) is 15.4. The lowest BCUT2D eigenvalue weighted by Crippen LogP contribution is -2.21. The van der Waals surface area contributed by atoms with E-state index in [4.69, 9.17) is 0 Å². The van der Waals surface area contributed by atoms with Gasteiger partial charge in [0.25, 0.3) is 0 Å². The first-order valence-electron chi connectivity index (χ1n) is 8.82. The van der Waals surface area contributed by atoms with Crippen LogP contribution in [0, 0.1) is 0 Å². The van der Waals surface area contributed by atoms with Gasteiger partial charge in [0.2, 0.25) is 0 Å². The van der Waals surface area contributed by atoms with Gasteiger partial charge in [-0.05, 0) is 24.3 Å². The quantitative estimate of drug-likeness (QED) is 0.452. The van der Waals surface area contributed by atoms with Crippen LogP contribution in [-0.2, 0) is 7.05 Å². The third-order valence-electron chi connectivity index (χ3n) is 5.10. The number of pyridine rings is 1. The first kappa shape index (κ1) is 17.0. The molecule has 0 saturated heterocycles. The fourth-order valence-electron chi connectivity index (χ4n) is 3.58. The second-order valence-electron chi connectivity index (χ2n) is 6.81. The predicted molar refractivity (Wildman–Crippen MR) is 112 cm³/mol. The second-order valence-corrected chi connectivity index (χ2v) is 6.81. The number of allylic oxidation sites excluding steroid dienone is 4. The summed E-state index contributed by atoms with van der Waals surface area (Å²) in [5.41, 5.74) is 3.28. The number of Topliss-reactive ketones (excluding diaryl/α,β-unsaturated/α-hetero) is 1. The summed E-state index contributed by atoms with van der Waals surface area (Å²) in [7, 11) is 3.84. The summed E-state index contributed by atoms with van der Waals surface area (Å²) in [5, 5.41) is 1.28. The van der Waals surface area contributed by atoms with Crippen molar-refractivity contribution >= 4 is 33.3 Å². The monoisotopic (exact) mass is 356 g/mol. The highest BCUT2D eigenvalue weighted by atomic mass is 16.1. The number of para-hydroxylation sites is 1. The summed E-state index contributed by atoms with van der Waals surface area (Å²) in [6, 6.07) is 11.2. The molecule has 0 aliphatic carbocycles. The fourth-order valence-corrected chi connectivity index (χ4v) is 3.58. The van der Waals surface area contributed by atoms with Crippen molar-refractivity contribution in [3.8, 4) is 0 Å². The highest BCUT2D eigenvalue weighted by Crippen LogP contribution is 2.29. The lowest BCUT2D eigenvalue weighted by atomic mass is 9.98. The zero-order valence-electron chi connectivity index (χ0n) is 15.4. The van der Waals surface area contributed by atoms with Crippen LogP contribution in [0.1, 0.15) is 10.4 Å². The van der Waals surface area contributed by atoms with Crippen LogP contribution in [0.4, 0.5) is 5.69 Å². The second kappa shape index (κ2) is 6.40. The first-order valence-corrected chi connectivity index (χ1v) is 8.82. The van der Waals surface area contributed by atoms with Crippen molar-refractivity contribution in [1.82, 2.24) is 4.57 Å². The summed E-state index contributed by atoms with van der Waals surface area (Å²) < 4.78 is 1.97. The van der Waals surface area contributed by atoms with E-state index in [2.05, 4.69) is 6.58 Å². The molecule has 4 nitrogen and oxygen atoms in total. The fraction of sp³-hybridized carbons (Fsp3) is 0.130. The van der Waals surface area contributed by atoms with Crippen LogP contribution in [0.3, 0.4) is 0 Å². The molecule has 0 radical (unpaired) electrons. The van der Waals surface area contributed by atoms with Crippen LogP contribution in [0.15, 0.2) is 77.6 Å². The Bertz CT molecular complexity index is 1230. The minimum atomic E-state index is -0.133. The van der Waals surface area contributed by atoms with Crippen molar-refractivity contribution in [2.24, 2.45) is 7.05 Å². The highest BCUT2D eigenvalue weighted by molar-refractivity contribution is 6.15. The van der Waals surface area contributed by atoms with Gasteiger partial charge in [-0.1, -0.05) is 43.0 Å². The van der Waals surface area contributed by atoms with Gasteiger partial charge in [0.05, 0.1) is 11.0 Å². The number of carbonyl (C=O) groups is 1. The molecule has 2 heterocycles. The van der Waals surface area contributed by atoms with Gasteiger partial charge in [-0.3, -0.25) is 9.59 Å². The van der Waals surface area contributed by atoms with Crippen molar-refractivity contribution in [2.45, 2.75) is 0 Å². The van der Waals surface area contributed by atoms with E-state index in [0.29, 0.717) is 28.5 Å². The van der Waals surface area contributed by atoms with Crippen molar-refractivity contribution < 1.29 is 4.79 Å². The summed E-state index contributed by atoms with van der Waals surface area (Å²) in [6.07, 6.45) is 7.44. The summed E-state index contributed by atoms with van der Waals surface area (Å²) >= 11 is 0. The molecular weight excluding hydrogens is 336 g/mol. The molecule has 3 aromatic rings. The Hall–Kier alpha value is -3.40. The molecule has 1 aromatic heterocycles. The van der Waals surface area contributed by atoms with Crippen LogP contribution < -0.4 is 10.3 Å². The number of hydrogen-bond donors (Lipinski definition) is 0. The third kappa shape index (κ3) is 2.70. The molecule has 0 N–H and O–H groups in total. The highest BCUT2D eigenvalue weighted by Gasteiger charge is 2.20. The molecule has 0 fully saturated rings. The van der Waals surface area contributed by atoms with Crippen molar-refractivity contribution in [3.05, 3.63) is 88.6 Å². The maximum absolute atomic E-state index is 13.1. The average Bonchev–Trinajstić information content (AvgIpc) is 2.69. The maximum atomic E-state index is 13.1. The number of ketones is 1. The Kier molecular flexibility index (Phi) is 4.04. The number of rotatable bonds is 0. The number of nitrogens with zero attached hydrogens (tertiary/aromatic N) is 2. The predicted octanol–water partition coefficient (Wildman–Crippen LogP) is 3.99. The van der Waals surface area contributed by atoms with Gasteiger partial charge in [0.1, 0.15) is 0 Å². The van der Waals surface area contributed by atoms with Gasteiger partial charge in [0, 0.05) is 48.2 Å². The Balaban J connectivity index is 2.12. The number of likely N-dealkylation sites (N-methyl/N-ethyl adjacent to an activating group) is 1. The topological polar surface area (TPSA) is 42.3 Å². The SMILES string of the molecule is C=C1/C=C\C=C/CN(C)c2cc3c(=O)c4ccccc4n(C)c3cc2C1=O. The Morgan fingerprint density at radius 1 is 0.963 bits per heavy atom. The number of hydrogen-bond acceptors (Lipinski definition) is 3. The molecule has 0 bridgehead atoms. The molecule has 0 spiro atoms. The zero-order chi connectivity index (χ0) is 19.1. The number of aromatic nitrogens is 1. The Morgan fingerprint density at radius 3 is 2.56 bits per heavy atom. The number of anilines is 1. The molecule has 134 valence electrons. The van der Waals surface area contributed by atoms with Gasteiger partial charge in [-0.2, -0.15) is 0 Å². The van der Waals surface area contributed by atoms with Crippen LogP contribution >= 0.6 is 0 Å². The molecule has 0 amide bonds. The van der Waals surface area contributed by atoms with E-state index in [1.165, 1.54) is 0 Å². The number of carbonyl (C=O) groups excluding carboxylic acids is 1. The van der Waals surface area contributed by atoms with E-state index in [1.807, 2.05) is 78.2 Å². The van der Waals surface area contributed by atoms with E-state index in [0.717, 1.165) is 16.7 Å². The number of fused-ring (bicyclic) bond motifs is 3. The molecular formula is C23H20N2O2. The standard InChI is InChI=1S/C23H20N2O2/c1-15-9-5-4-8-12-24(2)20-13-18-21(14-17(20)22(15)26)25(3)19-11-7-6-10-16(19)23(18)27/h4-11,13-14H,1,12H2,2-3H3/b8-4-,9-5-. The van der Waals surface area contributed by atoms with E-state index in [-0.39, 0.29) is 11.2 Å². The van der Waals surface area contributed by atoms with Crippen LogP contribution in [0.2, 0.25) is 0 Å². The molecule has 0 saturated carbocycles. The van der Waals surface area contributed by atoms with E-state index in [1.54, 1.807) is 6.08 Å². The molecule has 1 aliphatic heterocycles. The number of aryl methyl sites for hydroxylation is 1. The Morgan fingerprint density at radius 2 is 1.74 bits per heavy atom. The maximum Gasteiger partial charge on any atom is 0.197 e. The van der Waals surface area contributed by atoms with Gasteiger partial charge in [0.15, 0.2) is 11.2 Å². The van der Waals surface area contributed by atoms with Crippen molar-refractivity contribution in [2.75, 3.05) is 18.5 Å². The third-order valence-corrected chi connectivity index (χ3v) is 5.10. The summed E-state index contributed by atoms with van der Waals surface area (Å²) in [5.74, 6) is -0.133. The lowest BCUT2D eigenvalue weighted by molar-refractivity contribution is 0.103. The minimum absolute atomic E-state index is 0.0197. The van der Waals surface area contributed by atoms with Crippen molar-refractivity contribution in [1.29, 1.82) is 0 Å². The Labute approximate surface area is 157 Å². The van der Waals surface area contributed by atoms with Gasteiger partial charge < -0.3 is 9.47 Å². The molecule has 4 rings (SSSR count). The average molecular weight is 356 g/mol.